The number of benzene rings is 1. The fraction of sp³-hybridized carbons (Fsp3) is 0.500. The van der Waals surface area contributed by atoms with Gasteiger partial charge in [0, 0.05) is 24.8 Å². The Morgan fingerprint density at radius 2 is 2.09 bits per heavy atom. The average molecular weight is 326 g/mol. The van der Waals surface area contributed by atoms with Crippen molar-refractivity contribution >= 4 is 17.5 Å². The number of rotatable bonds is 5. The van der Waals surface area contributed by atoms with E-state index in [0.717, 1.165) is 12.1 Å². The van der Waals surface area contributed by atoms with Crippen molar-refractivity contribution in [1.82, 2.24) is 5.32 Å². The van der Waals surface area contributed by atoms with Gasteiger partial charge in [-0.3, -0.25) is 9.59 Å². The van der Waals surface area contributed by atoms with Crippen LogP contribution >= 0.6 is 0 Å². The molecule has 0 spiro atoms. The molecule has 2 rings (SSSR count). The molecular formula is C16H20F2N2O3. The van der Waals surface area contributed by atoms with Gasteiger partial charge in [-0.1, -0.05) is 13.8 Å². The quantitative estimate of drug-likeness (QED) is 0.805. The Kier molecular flexibility index (Phi) is 5.30. The van der Waals surface area contributed by atoms with Gasteiger partial charge in [-0.2, -0.15) is 0 Å². The summed E-state index contributed by atoms with van der Waals surface area (Å²) in [5, 5.41) is 12.2. The van der Waals surface area contributed by atoms with Crippen LogP contribution in [0.15, 0.2) is 18.2 Å². The number of aliphatic hydroxyl groups excluding tert-OH is 1. The first-order chi connectivity index (χ1) is 10.8. The van der Waals surface area contributed by atoms with Gasteiger partial charge in [0.1, 0.15) is 5.92 Å². The molecule has 1 fully saturated rings. The molecule has 0 aliphatic carbocycles. The topological polar surface area (TPSA) is 69.6 Å². The summed E-state index contributed by atoms with van der Waals surface area (Å²) < 4.78 is 26.2. The molecule has 1 aromatic rings. The Balaban J connectivity index is 2.00. The Labute approximate surface area is 133 Å². The highest BCUT2D eigenvalue weighted by Crippen LogP contribution is 2.26. The lowest BCUT2D eigenvalue weighted by molar-refractivity contribution is -0.132. The summed E-state index contributed by atoms with van der Waals surface area (Å²) in [5.41, 5.74) is 0.228. The lowest BCUT2D eigenvalue weighted by atomic mass is 10.1. The molecule has 2 amide bonds. The number of hydrogen-bond acceptors (Lipinski definition) is 3. The number of halogens is 2. The van der Waals surface area contributed by atoms with Crippen LogP contribution in [0.3, 0.4) is 0 Å². The van der Waals surface area contributed by atoms with Gasteiger partial charge >= 0.3 is 0 Å². The van der Waals surface area contributed by atoms with Gasteiger partial charge in [0.15, 0.2) is 11.6 Å². The maximum absolute atomic E-state index is 13.3. The van der Waals surface area contributed by atoms with Crippen LogP contribution in [0, 0.1) is 23.5 Å². The molecule has 0 radical (unpaired) electrons. The normalized spacial score (nSPS) is 19.3. The summed E-state index contributed by atoms with van der Waals surface area (Å²) >= 11 is 0. The number of anilines is 1. The second kappa shape index (κ2) is 7.04. The molecule has 0 aromatic heterocycles. The number of hydrogen-bond donors (Lipinski definition) is 2. The second-order valence-electron chi connectivity index (χ2n) is 5.99. The molecule has 2 N–H and O–H groups in total. The molecule has 0 bridgehead atoms. The van der Waals surface area contributed by atoms with Crippen LogP contribution in [0.5, 0.6) is 0 Å². The van der Waals surface area contributed by atoms with Crippen LogP contribution in [-0.2, 0) is 9.59 Å². The lowest BCUT2D eigenvalue weighted by Crippen LogP contribution is -2.41. The minimum Gasteiger partial charge on any atom is -0.391 e. The van der Waals surface area contributed by atoms with Crippen molar-refractivity contribution < 1.29 is 23.5 Å². The zero-order chi connectivity index (χ0) is 17.1. The van der Waals surface area contributed by atoms with Gasteiger partial charge in [-0.05, 0) is 24.5 Å². The summed E-state index contributed by atoms with van der Waals surface area (Å²) in [6.07, 6.45) is -0.390. The largest absolute Gasteiger partial charge is 0.391 e. The van der Waals surface area contributed by atoms with E-state index in [1.807, 2.05) is 13.8 Å². The van der Waals surface area contributed by atoms with Crippen LogP contribution < -0.4 is 10.2 Å². The molecule has 7 heteroatoms. The fourth-order valence-corrected chi connectivity index (χ4v) is 2.40. The Morgan fingerprint density at radius 1 is 1.39 bits per heavy atom. The summed E-state index contributed by atoms with van der Waals surface area (Å²) in [6, 6.07) is 3.19. The minimum atomic E-state index is -1.04. The van der Waals surface area contributed by atoms with E-state index in [2.05, 4.69) is 5.32 Å². The third-order valence-electron chi connectivity index (χ3n) is 3.99. The molecule has 1 aromatic carbocycles. The van der Waals surface area contributed by atoms with Crippen molar-refractivity contribution in [2.24, 2.45) is 11.8 Å². The van der Waals surface area contributed by atoms with Crippen molar-refractivity contribution in [2.45, 2.75) is 26.4 Å². The van der Waals surface area contributed by atoms with Gasteiger partial charge < -0.3 is 15.3 Å². The van der Waals surface area contributed by atoms with Crippen LogP contribution in [-0.4, -0.2) is 36.1 Å². The predicted octanol–water partition coefficient (Wildman–Crippen LogP) is 1.45. The third-order valence-corrected chi connectivity index (χ3v) is 3.99. The van der Waals surface area contributed by atoms with Crippen molar-refractivity contribution in [1.29, 1.82) is 0 Å². The van der Waals surface area contributed by atoms with Gasteiger partial charge in [-0.15, -0.1) is 0 Å². The molecule has 1 saturated heterocycles. The SMILES string of the molecule is CC(C)C(O)CNC(=O)C1CCN(c2ccc(F)c(F)c2)C1=O. The zero-order valence-corrected chi connectivity index (χ0v) is 13.1. The number of amides is 2. The van der Waals surface area contributed by atoms with Crippen LogP contribution in [0.2, 0.25) is 0 Å². The van der Waals surface area contributed by atoms with E-state index >= 15 is 0 Å². The average Bonchev–Trinajstić information content (AvgIpc) is 2.89. The summed E-state index contributed by atoms with van der Waals surface area (Å²) in [6.45, 7) is 3.98. The number of carbonyl (C=O) groups excluding carboxylic acids is 2. The smallest absolute Gasteiger partial charge is 0.239 e. The maximum atomic E-state index is 13.3. The number of carbonyl (C=O) groups is 2. The first kappa shape index (κ1) is 17.3. The summed E-state index contributed by atoms with van der Waals surface area (Å²) in [7, 11) is 0. The Hall–Kier alpha value is -2.02. The zero-order valence-electron chi connectivity index (χ0n) is 13.1. The predicted molar refractivity (Wildman–Crippen MR) is 80.7 cm³/mol. The first-order valence-electron chi connectivity index (χ1n) is 7.53. The van der Waals surface area contributed by atoms with Crippen molar-refractivity contribution in [2.75, 3.05) is 18.0 Å². The van der Waals surface area contributed by atoms with Crippen molar-refractivity contribution in [3.05, 3.63) is 29.8 Å². The Morgan fingerprint density at radius 3 is 2.70 bits per heavy atom. The third kappa shape index (κ3) is 3.85. The number of nitrogens with zero attached hydrogens (tertiary/aromatic N) is 1. The molecule has 1 aliphatic rings. The number of aliphatic hydroxyl groups is 1. The molecule has 126 valence electrons. The van der Waals surface area contributed by atoms with E-state index in [1.54, 1.807) is 0 Å². The summed E-state index contributed by atoms with van der Waals surface area (Å²) in [5.74, 6) is -3.82. The standard InChI is InChI=1S/C16H20F2N2O3/c1-9(2)14(21)8-19-15(22)11-5-6-20(16(11)23)10-3-4-12(17)13(18)7-10/h3-4,7,9,11,14,21H,5-6,8H2,1-2H3,(H,19,22). The van der Waals surface area contributed by atoms with Gasteiger partial charge in [-0.25, -0.2) is 8.78 Å². The van der Waals surface area contributed by atoms with E-state index in [0.29, 0.717) is 6.42 Å². The fourth-order valence-electron chi connectivity index (χ4n) is 2.40. The van der Waals surface area contributed by atoms with E-state index in [-0.39, 0.29) is 24.7 Å². The highest BCUT2D eigenvalue weighted by atomic mass is 19.2. The first-order valence-corrected chi connectivity index (χ1v) is 7.53. The van der Waals surface area contributed by atoms with Gasteiger partial charge in [0.2, 0.25) is 11.8 Å². The van der Waals surface area contributed by atoms with Gasteiger partial charge in [0.05, 0.1) is 6.10 Å². The molecule has 1 aliphatic heterocycles. The van der Waals surface area contributed by atoms with Crippen molar-refractivity contribution in [3.63, 3.8) is 0 Å². The van der Waals surface area contributed by atoms with Crippen molar-refractivity contribution in [3.8, 4) is 0 Å². The molecule has 0 saturated carbocycles. The summed E-state index contributed by atoms with van der Waals surface area (Å²) in [4.78, 5) is 25.7. The monoisotopic (exact) mass is 326 g/mol. The van der Waals surface area contributed by atoms with E-state index in [4.69, 9.17) is 0 Å². The molecule has 2 unspecified atom stereocenters. The molecule has 1 heterocycles. The number of nitrogens with one attached hydrogen (secondary N) is 1. The molecular weight excluding hydrogens is 306 g/mol. The van der Waals surface area contributed by atoms with Crippen LogP contribution in [0.4, 0.5) is 14.5 Å². The Bertz CT molecular complexity index is 607. The van der Waals surface area contributed by atoms with Crippen LogP contribution in [0.1, 0.15) is 20.3 Å². The molecule has 5 nitrogen and oxygen atoms in total. The van der Waals surface area contributed by atoms with Crippen LogP contribution in [0.25, 0.3) is 0 Å². The highest BCUT2D eigenvalue weighted by molar-refractivity contribution is 6.09. The highest BCUT2D eigenvalue weighted by Gasteiger charge is 2.37. The molecule has 2 atom stereocenters. The van der Waals surface area contributed by atoms with E-state index in [9.17, 15) is 23.5 Å². The van der Waals surface area contributed by atoms with Gasteiger partial charge in [0.25, 0.3) is 0 Å². The lowest BCUT2D eigenvalue weighted by Gasteiger charge is -2.18. The molecule has 23 heavy (non-hydrogen) atoms. The maximum Gasteiger partial charge on any atom is 0.239 e. The second-order valence-corrected chi connectivity index (χ2v) is 5.99. The van der Waals surface area contributed by atoms with E-state index in [1.165, 1.54) is 11.0 Å². The minimum absolute atomic E-state index is 0.00623. The van der Waals surface area contributed by atoms with E-state index < -0.39 is 35.5 Å².